The van der Waals surface area contributed by atoms with Crippen LogP contribution in [0.1, 0.15) is 40.6 Å². The van der Waals surface area contributed by atoms with Crippen molar-refractivity contribution < 1.29 is 23.8 Å². The van der Waals surface area contributed by atoms with E-state index in [0.29, 0.717) is 18.4 Å². The molecule has 0 spiro atoms. The highest BCUT2D eigenvalue weighted by atomic mass is 19.1. The normalized spacial score (nSPS) is 17.6. The molecule has 0 unspecified atom stereocenters. The number of aryl methyl sites for hydroxylation is 1. The van der Waals surface area contributed by atoms with Gasteiger partial charge in [0.05, 0.1) is 38.0 Å². The van der Waals surface area contributed by atoms with Gasteiger partial charge in [0, 0.05) is 23.9 Å². The molecule has 1 amide bonds. The summed E-state index contributed by atoms with van der Waals surface area (Å²) in [5.74, 6) is -1.18. The van der Waals surface area contributed by atoms with Crippen LogP contribution in [-0.2, 0) is 16.0 Å². The zero-order chi connectivity index (χ0) is 24.0. The highest BCUT2D eigenvalue weighted by Crippen LogP contribution is 2.26. The Morgan fingerprint density at radius 1 is 1.36 bits per heavy atom. The van der Waals surface area contributed by atoms with Crippen LogP contribution in [-0.4, -0.2) is 52.6 Å². The SMILES string of the molecule is Cc1cn([C@H]2CC[C@@H](CO)O2)c(=O)n(CCOCCNC(=O)c2ccc(F)c(C#N)c2)c1=O. The number of nitrogens with one attached hydrogen (secondary N) is 1. The molecule has 1 aliphatic rings. The van der Waals surface area contributed by atoms with Gasteiger partial charge in [0.15, 0.2) is 0 Å². The number of aliphatic hydroxyl groups is 1. The maximum atomic E-state index is 13.4. The molecule has 1 aromatic carbocycles. The minimum atomic E-state index is -0.699. The standard InChI is InChI=1S/C22H25FN4O6/c1-14-12-27(19-5-3-17(13-28)33-19)22(31)26(21(14)30)7-9-32-8-6-25-20(29)15-2-4-18(23)16(10-15)11-24/h2,4,10,12,17,19,28H,3,5-9,13H2,1H3,(H,25,29)/t17-,19+/m0/s1. The third-order valence-electron chi connectivity index (χ3n) is 5.31. The molecule has 0 radical (unpaired) electrons. The maximum Gasteiger partial charge on any atom is 0.333 e. The number of benzene rings is 1. The van der Waals surface area contributed by atoms with Gasteiger partial charge in [-0.05, 0) is 38.0 Å². The second-order valence-corrected chi connectivity index (χ2v) is 7.61. The fourth-order valence-electron chi connectivity index (χ4n) is 3.54. The third kappa shape index (κ3) is 5.73. The lowest BCUT2D eigenvalue weighted by Gasteiger charge is -2.17. The zero-order valence-corrected chi connectivity index (χ0v) is 18.1. The molecule has 1 aromatic heterocycles. The van der Waals surface area contributed by atoms with Crippen molar-refractivity contribution in [2.75, 3.05) is 26.4 Å². The van der Waals surface area contributed by atoms with Gasteiger partial charge in [0.25, 0.3) is 11.5 Å². The van der Waals surface area contributed by atoms with E-state index in [-0.39, 0.29) is 50.1 Å². The van der Waals surface area contributed by atoms with Gasteiger partial charge in [0.1, 0.15) is 18.1 Å². The van der Waals surface area contributed by atoms with Crippen LogP contribution in [0.5, 0.6) is 0 Å². The number of amides is 1. The summed E-state index contributed by atoms with van der Waals surface area (Å²) < 4.78 is 26.9. The number of carbonyl (C=O) groups excluding carboxylic acids is 1. The second kappa shape index (κ2) is 11.0. The van der Waals surface area contributed by atoms with E-state index < -0.39 is 29.2 Å². The smallest absolute Gasteiger partial charge is 0.333 e. The van der Waals surface area contributed by atoms with Gasteiger partial charge in [-0.1, -0.05) is 0 Å². The van der Waals surface area contributed by atoms with Crippen molar-refractivity contribution in [2.24, 2.45) is 0 Å². The lowest BCUT2D eigenvalue weighted by atomic mass is 10.1. The Bertz CT molecular complexity index is 1170. The number of hydrogen-bond acceptors (Lipinski definition) is 7. The van der Waals surface area contributed by atoms with E-state index in [2.05, 4.69) is 5.32 Å². The number of hydrogen-bond donors (Lipinski definition) is 2. The summed E-state index contributed by atoms with van der Waals surface area (Å²) in [7, 11) is 0. The van der Waals surface area contributed by atoms with E-state index in [1.807, 2.05) is 0 Å². The van der Waals surface area contributed by atoms with Crippen molar-refractivity contribution in [3.63, 3.8) is 0 Å². The molecular formula is C22H25FN4O6. The number of rotatable bonds is 9. The third-order valence-corrected chi connectivity index (χ3v) is 5.31. The maximum absolute atomic E-state index is 13.4. The molecule has 33 heavy (non-hydrogen) atoms. The number of ether oxygens (including phenoxy) is 2. The Kier molecular flexibility index (Phi) is 8.11. The molecule has 1 saturated heterocycles. The number of nitrogens with zero attached hydrogens (tertiary/aromatic N) is 3. The van der Waals surface area contributed by atoms with Crippen molar-refractivity contribution in [1.29, 1.82) is 5.26 Å². The first-order chi connectivity index (χ1) is 15.8. The first kappa shape index (κ1) is 24.3. The minimum absolute atomic E-state index is 0.0208. The molecule has 3 rings (SSSR count). The Balaban J connectivity index is 1.52. The van der Waals surface area contributed by atoms with Crippen molar-refractivity contribution >= 4 is 5.91 Å². The van der Waals surface area contributed by atoms with Crippen molar-refractivity contribution in [1.82, 2.24) is 14.5 Å². The summed E-state index contributed by atoms with van der Waals surface area (Å²) in [5, 5.41) is 20.7. The molecule has 0 bridgehead atoms. The van der Waals surface area contributed by atoms with Gasteiger partial charge in [0.2, 0.25) is 0 Å². The Morgan fingerprint density at radius 2 is 2.15 bits per heavy atom. The zero-order valence-electron chi connectivity index (χ0n) is 18.1. The highest BCUT2D eigenvalue weighted by Gasteiger charge is 2.27. The van der Waals surface area contributed by atoms with Gasteiger partial charge in [-0.2, -0.15) is 5.26 Å². The van der Waals surface area contributed by atoms with E-state index in [1.165, 1.54) is 16.8 Å². The largest absolute Gasteiger partial charge is 0.394 e. The predicted octanol–water partition coefficient (Wildman–Crippen LogP) is 0.446. The van der Waals surface area contributed by atoms with Crippen molar-refractivity contribution in [2.45, 2.75) is 38.6 Å². The summed E-state index contributed by atoms with van der Waals surface area (Å²) in [6.45, 7) is 1.83. The van der Waals surface area contributed by atoms with Gasteiger partial charge in [-0.3, -0.25) is 18.7 Å². The molecule has 2 heterocycles. The van der Waals surface area contributed by atoms with Crippen LogP contribution in [0, 0.1) is 24.1 Å². The molecule has 2 aromatic rings. The van der Waals surface area contributed by atoms with Gasteiger partial charge < -0.3 is 19.9 Å². The monoisotopic (exact) mass is 460 g/mol. The summed E-state index contributed by atoms with van der Waals surface area (Å²) >= 11 is 0. The molecule has 2 N–H and O–H groups in total. The average Bonchev–Trinajstić information content (AvgIpc) is 3.29. The van der Waals surface area contributed by atoms with E-state index in [0.717, 1.165) is 16.7 Å². The highest BCUT2D eigenvalue weighted by molar-refractivity contribution is 5.94. The molecule has 0 saturated carbocycles. The summed E-state index contributed by atoms with van der Waals surface area (Å²) in [6, 6.07) is 5.17. The molecule has 1 fully saturated rings. The molecule has 1 aliphatic heterocycles. The van der Waals surface area contributed by atoms with E-state index in [1.54, 1.807) is 13.0 Å². The molecular weight excluding hydrogens is 435 g/mol. The molecule has 2 atom stereocenters. The van der Waals surface area contributed by atoms with E-state index >= 15 is 0 Å². The van der Waals surface area contributed by atoms with E-state index in [4.69, 9.17) is 14.7 Å². The minimum Gasteiger partial charge on any atom is -0.394 e. The first-order valence-corrected chi connectivity index (χ1v) is 10.5. The van der Waals surface area contributed by atoms with Crippen LogP contribution < -0.4 is 16.6 Å². The number of carbonyl (C=O) groups is 1. The van der Waals surface area contributed by atoms with Crippen LogP contribution in [0.3, 0.4) is 0 Å². The molecule has 0 aliphatic carbocycles. The van der Waals surface area contributed by atoms with Crippen molar-refractivity contribution in [3.8, 4) is 6.07 Å². The quantitative estimate of drug-likeness (QED) is 0.519. The Labute approximate surface area is 188 Å². The molecule has 10 nitrogen and oxygen atoms in total. The Hall–Kier alpha value is -3.33. The van der Waals surface area contributed by atoms with E-state index in [9.17, 15) is 23.9 Å². The average molecular weight is 460 g/mol. The summed E-state index contributed by atoms with van der Waals surface area (Å²) in [5.41, 5.74) is -0.625. The van der Waals surface area contributed by atoms with Gasteiger partial charge >= 0.3 is 5.69 Å². The fraction of sp³-hybridized carbons (Fsp3) is 0.455. The van der Waals surface area contributed by atoms with Gasteiger partial charge in [-0.25, -0.2) is 9.18 Å². The van der Waals surface area contributed by atoms with Gasteiger partial charge in [-0.15, -0.1) is 0 Å². The predicted molar refractivity (Wildman–Crippen MR) is 114 cm³/mol. The summed E-state index contributed by atoms with van der Waals surface area (Å²) in [6.07, 6.45) is 1.78. The number of halogens is 1. The topological polar surface area (TPSA) is 136 Å². The van der Waals surface area contributed by atoms with Crippen LogP contribution in [0.25, 0.3) is 0 Å². The van der Waals surface area contributed by atoms with Crippen LogP contribution in [0.2, 0.25) is 0 Å². The first-order valence-electron chi connectivity index (χ1n) is 10.5. The van der Waals surface area contributed by atoms with Crippen molar-refractivity contribution in [3.05, 3.63) is 67.7 Å². The van der Waals surface area contributed by atoms with Crippen LogP contribution in [0.4, 0.5) is 4.39 Å². The second-order valence-electron chi connectivity index (χ2n) is 7.61. The molecule has 176 valence electrons. The summed E-state index contributed by atoms with van der Waals surface area (Å²) in [4.78, 5) is 37.3. The van der Waals surface area contributed by atoms with Crippen LogP contribution >= 0.6 is 0 Å². The lowest BCUT2D eigenvalue weighted by Crippen LogP contribution is -2.43. The van der Waals surface area contributed by atoms with Crippen LogP contribution in [0.15, 0.2) is 34.0 Å². The number of aliphatic hydroxyl groups excluding tert-OH is 1. The number of aromatic nitrogens is 2. The Morgan fingerprint density at radius 3 is 2.85 bits per heavy atom. The molecule has 11 heteroatoms. The lowest BCUT2D eigenvalue weighted by molar-refractivity contribution is -0.0255. The number of nitriles is 1. The fourth-order valence-corrected chi connectivity index (χ4v) is 3.54.